The number of nitrogens with two attached hydrogens (primary N) is 1. The maximum Gasteiger partial charge on any atom is 0.270 e. The van der Waals surface area contributed by atoms with Gasteiger partial charge in [-0.3, -0.25) is 9.78 Å². The summed E-state index contributed by atoms with van der Waals surface area (Å²) in [5.74, 6) is -0.212. The van der Waals surface area contributed by atoms with Crippen molar-refractivity contribution in [3.8, 4) is 0 Å². The molecule has 0 aromatic carbocycles. The second-order valence-corrected chi connectivity index (χ2v) is 6.56. The van der Waals surface area contributed by atoms with Gasteiger partial charge >= 0.3 is 0 Å². The van der Waals surface area contributed by atoms with Crippen LogP contribution >= 0.6 is 0 Å². The zero-order valence-corrected chi connectivity index (χ0v) is 10.6. The van der Waals surface area contributed by atoms with Crippen LogP contribution in [0.1, 0.15) is 22.5 Å². The highest BCUT2D eigenvalue weighted by molar-refractivity contribution is 7.91. The van der Waals surface area contributed by atoms with Crippen LogP contribution in [-0.2, 0) is 16.4 Å². The third-order valence-electron chi connectivity index (χ3n) is 2.86. The van der Waals surface area contributed by atoms with Crippen LogP contribution in [-0.4, -0.2) is 36.9 Å². The van der Waals surface area contributed by atoms with Crippen molar-refractivity contribution in [2.75, 3.05) is 11.5 Å². The predicted octanol–water partition coefficient (Wildman–Crippen LogP) is -0.543. The molecule has 3 N–H and O–H groups in total. The Morgan fingerprint density at radius 3 is 2.94 bits per heavy atom. The second-order valence-electron chi connectivity index (χ2n) is 4.33. The monoisotopic (exact) mass is 269 g/mol. The van der Waals surface area contributed by atoms with E-state index in [-0.39, 0.29) is 29.1 Å². The molecule has 6 nitrogen and oxygen atoms in total. The van der Waals surface area contributed by atoms with Crippen molar-refractivity contribution < 1.29 is 13.2 Å². The van der Waals surface area contributed by atoms with Crippen molar-refractivity contribution in [2.45, 2.75) is 19.0 Å². The number of carbonyl (C=O) groups is 1. The number of nitrogens with one attached hydrogen (secondary N) is 1. The molecule has 1 amide bonds. The lowest BCUT2D eigenvalue weighted by Gasteiger charge is -2.10. The van der Waals surface area contributed by atoms with Crippen molar-refractivity contribution >= 4 is 15.7 Å². The topological polar surface area (TPSA) is 102 Å². The van der Waals surface area contributed by atoms with Crippen LogP contribution in [0, 0.1) is 0 Å². The van der Waals surface area contributed by atoms with Gasteiger partial charge in [0.1, 0.15) is 5.69 Å². The highest BCUT2D eigenvalue weighted by Crippen LogP contribution is 2.12. The van der Waals surface area contributed by atoms with E-state index in [4.69, 9.17) is 5.73 Å². The Bertz CT molecular complexity index is 556. The largest absolute Gasteiger partial charge is 0.347 e. The average molecular weight is 269 g/mol. The third kappa shape index (κ3) is 3.05. The van der Waals surface area contributed by atoms with Crippen LogP contribution < -0.4 is 11.1 Å². The lowest BCUT2D eigenvalue weighted by Crippen LogP contribution is -2.36. The first-order valence-corrected chi connectivity index (χ1v) is 7.48. The Morgan fingerprint density at radius 1 is 1.56 bits per heavy atom. The number of sulfone groups is 1. The van der Waals surface area contributed by atoms with Crippen molar-refractivity contribution in [3.05, 3.63) is 29.6 Å². The molecule has 1 unspecified atom stereocenters. The van der Waals surface area contributed by atoms with Gasteiger partial charge in [-0.15, -0.1) is 0 Å². The van der Waals surface area contributed by atoms with Gasteiger partial charge in [0.15, 0.2) is 9.84 Å². The molecule has 0 spiro atoms. The summed E-state index contributed by atoms with van der Waals surface area (Å²) >= 11 is 0. The first kappa shape index (κ1) is 13.0. The van der Waals surface area contributed by atoms with Crippen molar-refractivity contribution in [3.63, 3.8) is 0 Å². The summed E-state index contributed by atoms with van der Waals surface area (Å²) in [6.45, 7) is 0.334. The first-order valence-electron chi connectivity index (χ1n) is 5.66. The van der Waals surface area contributed by atoms with Crippen molar-refractivity contribution in [1.82, 2.24) is 10.3 Å². The maximum atomic E-state index is 11.9. The van der Waals surface area contributed by atoms with E-state index in [0.717, 1.165) is 5.56 Å². The number of pyridine rings is 1. The number of amides is 1. The summed E-state index contributed by atoms with van der Waals surface area (Å²) in [5.41, 5.74) is 6.56. The molecule has 7 heteroatoms. The molecule has 2 heterocycles. The lowest BCUT2D eigenvalue weighted by molar-refractivity contribution is 0.0936. The predicted molar refractivity (Wildman–Crippen MR) is 66.7 cm³/mol. The van der Waals surface area contributed by atoms with Crippen molar-refractivity contribution in [1.29, 1.82) is 0 Å². The summed E-state index contributed by atoms with van der Waals surface area (Å²) in [6.07, 6.45) is 1.98. The smallest absolute Gasteiger partial charge is 0.270 e. The molecule has 1 atom stereocenters. The fourth-order valence-corrected chi connectivity index (χ4v) is 3.57. The van der Waals surface area contributed by atoms with Crippen LogP contribution in [0.4, 0.5) is 0 Å². The molecule has 0 radical (unpaired) electrons. The van der Waals surface area contributed by atoms with Gasteiger partial charge in [0.2, 0.25) is 0 Å². The van der Waals surface area contributed by atoms with Crippen LogP contribution in [0.5, 0.6) is 0 Å². The quantitative estimate of drug-likeness (QED) is 0.767. The van der Waals surface area contributed by atoms with Gasteiger partial charge < -0.3 is 11.1 Å². The minimum absolute atomic E-state index is 0.00925. The zero-order chi connectivity index (χ0) is 13.2. The molecule has 98 valence electrons. The fourth-order valence-electron chi connectivity index (χ4n) is 1.89. The van der Waals surface area contributed by atoms with Gasteiger partial charge in [-0.25, -0.2) is 8.42 Å². The summed E-state index contributed by atoms with van der Waals surface area (Å²) in [7, 11) is -2.99. The van der Waals surface area contributed by atoms with E-state index in [1.165, 1.54) is 6.20 Å². The Hall–Kier alpha value is -1.47. The van der Waals surface area contributed by atoms with Crippen LogP contribution in [0.2, 0.25) is 0 Å². The summed E-state index contributed by atoms with van der Waals surface area (Å²) in [4.78, 5) is 15.8. The van der Waals surface area contributed by atoms with Gasteiger partial charge in [0, 0.05) is 18.8 Å². The minimum atomic E-state index is -2.99. The zero-order valence-electron chi connectivity index (χ0n) is 9.80. The Labute approximate surface area is 106 Å². The van der Waals surface area contributed by atoms with E-state index in [1.54, 1.807) is 12.1 Å². The number of rotatable bonds is 3. The molecule has 1 aliphatic heterocycles. The van der Waals surface area contributed by atoms with E-state index < -0.39 is 9.84 Å². The van der Waals surface area contributed by atoms with Gasteiger partial charge in [0.05, 0.1) is 11.5 Å². The summed E-state index contributed by atoms with van der Waals surface area (Å²) < 4.78 is 22.6. The standard InChI is InChI=1S/C11H15N3O3S/c12-6-8-1-3-13-10(5-8)11(15)14-9-2-4-18(16,17)7-9/h1,3,5,9H,2,4,6-7,12H2,(H,14,15). The van der Waals surface area contributed by atoms with Gasteiger partial charge in [-0.1, -0.05) is 0 Å². The Kier molecular flexibility index (Phi) is 3.63. The molecule has 2 rings (SSSR count). The second kappa shape index (κ2) is 5.03. The number of carbonyl (C=O) groups excluding carboxylic acids is 1. The summed E-state index contributed by atoms with van der Waals surface area (Å²) in [5, 5.41) is 2.68. The first-order chi connectivity index (χ1) is 8.50. The fraction of sp³-hybridized carbons (Fsp3) is 0.455. The molecule has 0 saturated carbocycles. The molecule has 0 aliphatic carbocycles. The van der Waals surface area contributed by atoms with Crippen LogP contribution in [0.25, 0.3) is 0 Å². The molecule has 1 aromatic rings. The SMILES string of the molecule is NCc1ccnc(C(=O)NC2CCS(=O)(=O)C2)c1. The highest BCUT2D eigenvalue weighted by atomic mass is 32.2. The molecule has 1 aliphatic rings. The summed E-state index contributed by atoms with van der Waals surface area (Å²) in [6, 6.07) is 3.03. The number of hydrogen-bond acceptors (Lipinski definition) is 5. The molecular formula is C11H15N3O3S. The van der Waals surface area contributed by atoms with E-state index in [9.17, 15) is 13.2 Å². The van der Waals surface area contributed by atoms with E-state index in [0.29, 0.717) is 13.0 Å². The maximum absolute atomic E-state index is 11.9. The van der Waals surface area contributed by atoms with Crippen LogP contribution in [0.3, 0.4) is 0 Å². The average Bonchev–Trinajstić information content (AvgIpc) is 2.68. The lowest BCUT2D eigenvalue weighted by atomic mass is 10.2. The Balaban J connectivity index is 2.04. The molecule has 1 fully saturated rings. The minimum Gasteiger partial charge on any atom is -0.347 e. The van der Waals surface area contributed by atoms with Gasteiger partial charge in [0.25, 0.3) is 5.91 Å². The highest BCUT2D eigenvalue weighted by Gasteiger charge is 2.29. The number of aromatic nitrogens is 1. The normalized spacial score (nSPS) is 21.7. The van der Waals surface area contributed by atoms with E-state index in [2.05, 4.69) is 10.3 Å². The third-order valence-corrected chi connectivity index (χ3v) is 4.63. The van der Waals surface area contributed by atoms with Gasteiger partial charge in [-0.05, 0) is 24.1 Å². The molecule has 0 bridgehead atoms. The van der Waals surface area contributed by atoms with E-state index in [1.807, 2.05) is 0 Å². The van der Waals surface area contributed by atoms with Crippen molar-refractivity contribution in [2.24, 2.45) is 5.73 Å². The van der Waals surface area contributed by atoms with Gasteiger partial charge in [-0.2, -0.15) is 0 Å². The Morgan fingerprint density at radius 2 is 2.33 bits per heavy atom. The van der Waals surface area contributed by atoms with E-state index >= 15 is 0 Å². The molecular weight excluding hydrogens is 254 g/mol. The van der Waals surface area contributed by atoms with Crippen LogP contribution in [0.15, 0.2) is 18.3 Å². The molecule has 1 saturated heterocycles. The number of hydrogen-bond donors (Lipinski definition) is 2. The molecule has 18 heavy (non-hydrogen) atoms. The molecule has 1 aromatic heterocycles. The number of nitrogens with zero attached hydrogens (tertiary/aromatic N) is 1.